The second kappa shape index (κ2) is 8.31. The van der Waals surface area contributed by atoms with E-state index in [1.165, 1.54) is 4.68 Å². The fraction of sp³-hybridized carbons (Fsp3) is 0.261. The molecule has 0 radical (unpaired) electrons. The standard InChI is InChI=1S/C23H24N4O2/c1-18-8-10-19(11-9-18)23(29)26-15-5-14-25(16-17-26)21-12-13-22(28)27(24-21)20-6-3-2-4-7-20/h2-4,6-13H,5,14-17H2,1H3. The quantitative estimate of drug-likeness (QED) is 0.692. The molecule has 1 aromatic heterocycles. The Morgan fingerprint density at radius 2 is 1.62 bits per heavy atom. The van der Waals surface area contributed by atoms with Crippen LogP contribution in [0, 0.1) is 6.92 Å². The number of anilines is 1. The molecule has 1 saturated heterocycles. The maximum absolute atomic E-state index is 12.8. The van der Waals surface area contributed by atoms with Crippen LogP contribution in [-0.2, 0) is 0 Å². The molecule has 0 saturated carbocycles. The highest BCUT2D eigenvalue weighted by Gasteiger charge is 2.21. The van der Waals surface area contributed by atoms with Crippen LogP contribution < -0.4 is 10.5 Å². The molecule has 0 N–H and O–H groups in total. The number of benzene rings is 2. The van der Waals surface area contributed by atoms with E-state index in [0.717, 1.165) is 35.6 Å². The van der Waals surface area contributed by atoms with Crippen LogP contribution in [0.2, 0.25) is 0 Å². The van der Waals surface area contributed by atoms with Crippen molar-refractivity contribution in [3.63, 3.8) is 0 Å². The molecule has 1 aliphatic heterocycles. The number of carbonyl (C=O) groups excluding carboxylic acids is 1. The van der Waals surface area contributed by atoms with Crippen molar-refractivity contribution in [3.8, 4) is 5.69 Å². The van der Waals surface area contributed by atoms with Crippen LogP contribution >= 0.6 is 0 Å². The molecule has 0 bridgehead atoms. The van der Waals surface area contributed by atoms with Crippen LogP contribution in [0.1, 0.15) is 22.3 Å². The smallest absolute Gasteiger partial charge is 0.271 e. The highest BCUT2D eigenvalue weighted by atomic mass is 16.2. The summed E-state index contributed by atoms with van der Waals surface area (Å²) in [4.78, 5) is 29.2. The molecule has 3 aromatic rings. The number of carbonyl (C=O) groups is 1. The van der Waals surface area contributed by atoms with E-state index in [1.54, 1.807) is 12.1 Å². The summed E-state index contributed by atoms with van der Waals surface area (Å²) in [5.41, 5.74) is 2.44. The Labute approximate surface area is 170 Å². The second-order valence-electron chi connectivity index (χ2n) is 7.28. The van der Waals surface area contributed by atoms with Crippen LogP contribution in [-0.4, -0.2) is 46.8 Å². The van der Waals surface area contributed by atoms with E-state index in [4.69, 9.17) is 0 Å². The van der Waals surface area contributed by atoms with Gasteiger partial charge in [0.05, 0.1) is 5.69 Å². The van der Waals surface area contributed by atoms with E-state index in [0.29, 0.717) is 19.6 Å². The highest BCUT2D eigenvalue weighted by molar-refractivity contribution is 5.94. The molecule has 1 amide bonds. The fourth-order valence-corrected chi connectivity index (χ4v) is 3.55. The van der Waals surface area contributed by atoms with Gasteiger partial charge in [0.15, 0.2) is 0 Å². The largest absolute Gasteiger partial charge is 0.353 e. The molecule has 148 valence electrons. The summed E-state index contributed by atoms with van der Waals surface area (Å²) in [5, 5.41) is 4.57. The first-order chi connectivity index (χ1) is 14.1. The Bertz CT molecular complexity index is 1040. The number of hydrogen-bond acceptors (Lipinski definition) is 4. The first-order valence-electron chi connectivity index (χ1n) is 9.88. The first-order valence-corrected chi connectivity index (χ1v) is 9.88. The maximum Gasteiger partial charge on any atom is 0.271 e. The van der Waals surface area contributed by atoms with Crippen molar-refractivity contribution in [2.24, 2.45) is 0 Å². The SMILES string of the molecule is Cc1ccc(C(=O)N2CCCN(c3ccc(=O)n(-c4ccccc4)n3)CC2)cc1. The highest BCUT2D eigenvalue weighted by Crippen LogP contribution is 2.15. The van der Waals surface area contributed by atoms with Crippen molar-refractivity contribution in [1.82, 2.24) is 14.7 Å². The topological polar surface area (TPSA) is 58.4 Å². The summed E-state index contributed by atoms with van der Waals surface area (Å²) in [6.07, 6.45) is 0.851. The molecule has 0 atom stereocenters. The van der Waals surface area contributed by atoms with E-state index in [-0.39, 0.29) is 11.5 Å². The Hall–Kier alpha value is -3.41. The summed E-state index contributed by atoms with van der Waals surface area (Å²) in [5.74, 6) is 0.812. The van der Waals surface area contributed by atoms with Crippen LogP contribution in [0.25, 0.3) is 5.69 Å². The lowest BCUT2D eigenvalue weighted by Gasteiger charge is -2.23. The molecular formula is C23H24N4O2. The molecular weight excluding hydrogens is 364 g/mol. The zero-order valence-electron chi connectivity index (χ0n) is 16.5. The van der Waals surface area contributed by atoms with Gasteiger partial charge in [0, 0.05) is 37.8 Å². The molecule has 0 aliphatic carbocycles. The maximum atomic E-state index is 12.8. The average molecular weight is 388 g/mol. The number of aryl methyl sites for hydroxylation is 1. The van der Waals surface area contributed by atoms with Crippen molar-refractivity contribution in [2.75, 3.05) is 31.1 Å². The zero-order valence-corrected chi connectivity index (χ0v) is 16.5. The summed E-state index contributed by atoms with van der Waals surface area (Å²) in [6.45, 7) is 4.82. The van der Waals surface area contributed by atoms with Gasteiger partial charge >= 0.3 is 0 Å². The summed E-state index contributed by atoms with van der Waals surface area (Å²) < 4.78 is 1.43. The second-order valence-corrected chi connectivity index (χ2v) is 7.28. The molecule has 2 aromatic carbocycles. The van der Waals surface area contributed by atoms with Crippen molar-refractivity contribution < 1.29 is 4.79 Å². The van der Waals surface area contributed by atoms with Crippen molar-refractivity contribution in [2.45, 2.75) is 13.3 Å². The normalized spacial score (nSPS) is 14.5. The minimum atomic E-state index is -0.161. The minimum absolute atomic E-state index is 0.0639. The Morgan fingerprint density at radius 3 is 2.38 bits per heavy atom. The molecule has 1 fully saturated rings. The van der Waals surface area contributed by atoms with E-state index in [2.05, 4.69) is 10.00 Å². The molecule has 0 spiro atoms. The zero-order chi connectivity index (χ0) is 20.2. The predicted octanol–water partition coefficient (Wildman–Crippen LogP) is 2.89. The molecule has 1 aliphatic rings. The van der Waals surface area contributed by atoms with Crippen LogP contribution in [0.3, 0.4) is 0 Å². The molecule has 2 heterocycles. The third-order valence-electron chi connectivity index (χ3n) is 5.19. The summed E-state index contributed by atoms with van der Waals surface area (Å²) in [6, 6.07) is 20.4. The van der Waals surface area contributed by atoms with E-state index in [1.807, 2.05) is 66.4 Å². The van der Waals surface area contributed by atoms with Gasteiger partial charge in [-0.2, -0.15) is 4.68 Å². The van der Waals surface area contributed by atoms with Crippen molar-refractivity contribution in [3.05, 3.63) is 88.2 Å². The number of para-hydroxylation sites is 1. The third-order valence-corrected chi connectivity index (χ3v) is 5.19. The number of nitrogens with zero attached hydrogens (tertiary/aromatic N) is 4. The van der Waals surface area contributed by atoms with Crippen LogP contribution in [0.15, 0.2) is 71.5 Å². The number of rotatable bonds is 3. The van der Waals surface area contributed by atoms with E-state index >= 15 is 0 Å². The minimum Gasteiger partial charge on any atom is -0.353 e. The Kier molecular flexibility index (Phi) is 5.42. The third kappa shape index (κ3) is 4.21. The monoisotopic (exact) mass is 388 g/mol. The van der Waals surface area contributed by atoms with Gasteiger partial charge in [-0.05, 0) is 43.7 Å². The molecule has 0 unspecified atom stereocenters. The van der Waals surface area contributed by atoms with Gasteiger partial charge in [-0.25, -0.2) is 0 Å². The van der Waals surface area contributed by atoms with Crippen LogP contribution in [0.4, 0.5) is 5.82 Å². The molecule has 4 rings (SSSR count). The number of aromatic nitrogens is 2. The number of amides is 1. The lowest BCUT2D eigenvalue weighted by Crippen LogP contribution is -2.36. The summed E-state index contributed by atoms with van der Waals surface area (Å²) in [7, 11) is 0. The van der Waals surface area contributed by atoms with Gasteiger partial charge in [-0.15, -0.1) is 5.10 Å². The van der Waals surface area contributed by atoms with Gasteiger partial charge in [0.1, 0.15) is 5.82 Å². The first kappa shape index (κ1) is 18.9. The average Bonchev–Trinajstić information content (AvgIpc) is 3.01. The lowest BCUT2D eigenvalue weighted by molar-refractivity contribution is 0.0767. The summed E-state index contributed by atoms with van der Waals surface area (Å²) >= 11 is 0. The van der Waals surface area contributed by atoms with Crippen molar-refractivity contribution in [1.29, 1.82) is 0 Å². The lowest BCUT2D eigenvalue weighted by atomic mass is 10.1. The molecule has 6 nitrogen and oxygen atoms in total. The van der Waals surface area contributed by atoms with Gasteiger partial charge in [0.25, 0.3) is 11.5 Å². The fourth-order valence-electron chi connectivity index (χ4n) is 3.55. The van der Waals surface area contributed by atoms with Gasteiger partial charge in [0.2, 0.25) is 0 Å². The van der Waals surface area contributed by atoms with E-state index < -0.39 is 0 Å². The van der Waals surface area contributed by atoms with E-state index in [9.17, 15) is 9.59 Å². The predicted molar refractivity (Wildman–Crippen MR) is 114 cm³/mol. The Balaban J connectivity index is 1.51. The van der Waals surface area contributed by atoms with Gasteiger partial charge < -0.3 is 9.80 Å². The van der Waals surface area contributed by atoms with Crippen LogP contribution in [0.5, 0.6) is 0 Å². The van der Waals surface area contributed by atoms with Crippen molar-refractivity contribution >= 4 is 11.7 Å². The number of hydrogen-bond donors (Lipinski definition) is 0. The van der Waals surface area contributed by atoms with Gasteiger partial charge in [-0.1, -0.05) is 35.9 Å². The molecule has 6 heteroatoms. The van der Waals surface area contributed by atoms with Gasteiger partial charge in [-0.3, -0.25) is 9.59 Å². The Morgan fingerprint density at radius 1 is 0.862 bits per heavy atom. The molecule has 29 heavy (non-hydrogen) atoms.